The summed E-state index contributed by atoms with van der Waals surface area (Å²) in [4.78, 5) is 14.2. The standard InChI is InChI=1S/C17H26N2O2/c1-12(2)14-7-9-19(10-8-14)17(21)18-16-6-4-5-15(11-16)13(3)20/h4-6,11-14,20H,7-10H2,1-3H3,(H,18,21). The second-order valence-electron chi connectivity index (χ2n) is 6.30. The highest BCUT2D eigenvalue weighted by atomic mass is 16.3. The molecule has 2 rings (SSSR count). The Morgan fingerprint density at radius 1 is 1.29 bits per heavy atom. The first-order chi connectivity index (χ1) is 9.97. The molecule has 1 aromatic rings. The highest BCUT2D eigenvalue weighted by Gasteiger charge is 2.24. The van der Waals surface area contributed by atoms with Crippen molar-refractivity contribution in [1.29, 1.82) is 0 Å². The van der Waals surface area contributed by atoms with E-state index in [9.17, 15) is 9.90 Å². The summed E-state index contributed by atoms with van der Waals surface area (Å²) in [6.45, 7) is 7.87. The molecule has 4 nitrogen and oxygen atoms in total. The molecule has 116 valence electrons. The summed E-state index contributed by atoms with van der Waals surface area (Å²) in [6, 6.07) is 7.34. The van der Waals surface area contributed by atoms with E-state index < -0.39 is 6.10 Å². The van der Waals surface area contributed by atoms with Crippen LogP contribution in [0.2, 0.25) is 0 Å². The van der Waals surface area contributed by atoms with Crippen molar-refractivity contribution >= 4 is 11.7 Å². The summed E-state index contributed by atoms with van der Waals surface area (Å²) in [5.74, 6) is 1.42. The minimum atomic E-state index is -0.524. The van der Waals surface area contributed by atoms with Crippen LogP contribution in [0.4, 0.5) is 10.5 Å². The van der Waals surface area contributed by atoms with Crippen molar-refractivity contribution in [2.45, 2.75) is 39.7 Å². The Kier molecular flexibility index (Phi) is 5.23. The van der Waals surface area contributed by atoms with E-state index >= 15 is 0 Å². The number of piperidine rings is 1. The van der Waals surface area contributed by atoms with Crippen LogP contribution in [0, 0.1) is 11.8 Å². The van der Waals surface area contributed by atoms with Crippen LogP contribution in [0.3, 0.4) is 0 Å². The van der Waals surface area contributed by atoms with Gasteiger partial charge in [0.1, 0.15) is 0 Å². The maximum atomic E-state index is 12.3. The Hall–Kier alpha value is -1.55. The molecule has 2 amide bonds. The molecule has 0 aromatic heterocycles. The molecule has 1 aromatic carbocycles. The minimum Gasteiger partial charge on any atom is -0.389 e. The molecule has 0 radical (unpaired) electrons. The molecule has 0 bridgehead atoms. The molecule has 1 saturated heterocycles. The Labute approximate surface area is 127 Å². The van der Waals surface area contributed by atoms with E-state index in [0.717, 1.165) is 43.1 Å². The maximum absolute atomic E-state index is 12.3. The third-order valence-electron chi connectivity index (χ3n) is 4.39. The molecule has 0 spiro atoms. The van der Waals surface area contributed by atoms with Gasteiger partial charge in [0.2, 0.25) is 0 Å². The number of carbonyl (C=O) groups excluding carboxylic acids is 1. The van der Waals surface area contributed by atoms with Gasteiger partial charge in [-0.15, -0.1) is 0 Å². The topological polar surface area (TPSA) is 52.6 Å². The van der Waals surface area contributed by atoms with Crippen LogP contribution in [0.5, 0.6) is 0 Å². The van der Waals surface area contributed by atoms with Gasteiger partial charge in [-0.1, -0.05) is 26.0 Å². The molecule has 4 heteroatoms. The molecular formula is C17H26N2O2. The maximum Gasteiger partial charge on any atom is 0.321 e. The number of hydrogen-bond donors (Lipinski definition) is 2. The summed E-state index contributed by atoms with van der Waals surface area (Å²) >= 11 is 0. The van der Waals surface area contributed by atoms with Gasteiger partial charge in [-0.25, -0.2) is 4.79 Å². The zero-order valence-electron chi connectivity index (χ0n) is 13.2. The van der Waals surface area contributed by atoms with E-state index in [-0.39, 0.29) is 6.03 Å². The van der Waals surface area contributed by atoms with Gasteiger partial charge in [-0.3, -0.25) is 0 Å². The fraction of sp³-hybridized carbons (Fsp3) is 0.588. The number of urea groups is 1. The quantitative estimate of drug-likeness (QED) is 0.893. The Bertz CT molecular complexity index is 477. The van der Waals surface area contributed by atoms with Crippen molar-refractivity contribution in [3.05, 3.63) is 29.8 Å². The lowest BCUT2D eigenvalue weighted by Gasteiger charge is -2.33. The number of aliphatic hydroxyl groups excluding tert-OH is 1. The third-order valence-corrected chi connectivity index (χ3v) is 4.39. The predicted molar refractivity (Wildman–Crippen MR) is 85.2 cm³/mol. The van der Waals surface area contributed by atoms with Gasteiger partial charge in [-0.05, 0) is 49.3 Å². The minimum absolute atomic E-state index is 0.0417. The number of nitrogens with one attached hydrogen (secondary N) is 1. The first-order valence-electron chi connectivity index (χ1n) is 7.81. The van der Waals surface area contributed by atoms with E-state index in [1.54, 1.807) is 6.92 Å². The summed E-state index contributed by atoms with van der Waals surface area (Å²) in [6.07, 6.45) is 1.64. The highest BCUT2D eigenvalue weighted by Crippen LogP contribution is 2.25. The van der Waals surface area contributed by atoms with Crippen molar-refractivity contribution in [1.82, 2.24) is 4.90 Å². The second kappa shape index (κ2) is 6.94. The first kappa shape index (κ1) is 15.8. The van der Waals surface area contributed by atoms with Gasteiger partial charge in [0.15, 0.2) is 0 Å². The van der Waals surface area contributed by atoms with Crippen molar-refractivity contribution in [2.24, 2.45) is 11.8 Å². The van der Waals surface area contributed by atoms with Crippen molar-refractivity contribution in [3.63, 3.8) is 0 Å². The number of hydrogen-bond acceptors (Lipinski definition) is 2. The first-order valence-corrected chi connectivity index (χ1v) is 7.81. The largest absolute Gasteiger partial charge is 0.389 e. The lowest BCUT2D eigenvalue weighted by atomic mass is 9.87. The van der Waals surface area contributed by atoms with Crippen LogP contribution in [-0.4, -0.2) is 29.1 Å². The number of nitrogens with zero attached hydrogens (tertiary/aromatic N) is 1. The molecule has 1 heterocycles. The molecule has 0 aliphatic carbocycles. The lowest BCUT2D eigenvalue weighted by Crippen LogP contribution is -2.41. The number of likely N-dealkylation sites (tertiary alicyclic amines) is 1. The number of benzene rings is 1. The van der Waals surface area contributed by atoms with E-state index in [1.807, 2.05) is 29.2 Å². The zero-order chi connectivity index (χ0) is 15.4. The summed E-state index contributed by atoms with van der Waals surface area (Å²) in [7, 11) is 0. The molecule has 2 N–H and O–H groups in total. The number of anilines is 1. The molecule has 1 fully saturated rings. The van der Waals surface area contributed by atoms with Crippen LogP contribution in [0.25, 0.3) is 0 Å². The Balaban J connectivity index is 1.92. The monoisotopic (exact) mass is 290 g/mol. The van der Waals surface area contributed by atoms with Gasteiger partial charge >= 0.3 is 6.03 Å². The van der Waals surface area contributed by atoms with Crippen molar-refractivity contribution in [2.75, 3.05) is 18.4 Å². The second-order valence-corrected chi connectivity index (χ2v) is 6.30. The highest BCUT2D eigenvalue weighted by molar-refractivity contribution is 5.89. The lowest BCUT2D eigenvalue weighted by molar-refractivity contribution is 0.167. The van der Waals surface area contributed by atoms with E-state index in [4.69, 9.17) is 0 Å². The SMILES string of the molecule is CC(O)c1cccc(NC(=O)N2CCC(C(C)C)CC2)c1. The van der Waals surface area contributed by atoms with Gasteiger partial charge in [-0.2, -0.15) is 0 Å². The number of aliphatic hydroxyl groups is 1. The summed E-state index contributed by atoms with van der Waals surface area (Å²) in [5, 5.41) is 12.5. The normalized spacial score (nSPS) is 17.9. The van der Waals surface area contributed by atoms with E-state index in [1.165, 1.54) is 0 Å². The van der Waals surface area contributed by atoms with Crippen molar-refractivity contribution in [3.8, 4) is 0 Å². The zero-order valence-corrected chi connectivity index (χ0v) is 13.2. The third kappa shape index (κ3) is 4.21. The molecule has 21 heavy (non-hydrogen) atoms. The summed E-state index contributed by atoms with van der Waals surface area (Å²) in [5.41, 5.74) is 1.55. The van der Waals surface area contributed by atoms with Crippen LogP contribution in [0.15, 0.2) is 24.3 Å². The van der Waals surface area contributed by atoms with E-state index in [2.05, 4.69) is 19.2 Å². The van der Waals surface area contributed by atoms with Gasteiger partial charge in [0.25, 0.3) is 0 Å². The van der Waals surface area contributed by atoms with E-state index in [0.29, 0.717) is 5.92 Å². The van der Waals surface area contributed by atoms with Crippen LogP contribution in [0.1, 0.15) is 45.3 Å². The van der Waals surface area contributed by atoms with Crippen LogP contribution < -0.4 is 5.32 Å². The van der Waals surface area contributed by atoms with Gasteiger partial charge in [0.05, 0.1) is 6.10 Å². The van der Waals surface area contributed by atoms with Gasteiger partial charge in [0, 0.05) is 18.8 Å². The number of rotatable bonds is 3. The average Bonchev–Trinajstić information content (AvgIpc) is 2.47. The van der Waals surface area contributed by atoms with Gasteiger partial charge < -0.3 is 15.3 Å². The average molecular weight is 290 g/mol. The molecule has 1 unspecified atom stereocenters. The number of carbonyl (C=O) groups is 1. The predicted octanol–water partition coefficient (Wildman–Crippen LogP) is 3.64. The summed E-state index contributed by atoms with van der Waals surface area (Å²) < 4.78 is 0. The molecule has 1 atom stereocenters. The smallest absolute Gasteiger partial charge is 0.321 e. The fourth-order valence-corrected chi connectivity index (χ4v) is 2.85. The molecule has 1 aliphatic heterocycles. The van der Waals surface area contributed by atoms with Crippen LogP contribution >= 0.6 is 0 Å². The Morgan fingerprint density at radius 3 is 2.52 bits per heavy atom. The van der Waals surface area contributed by atoms with Crippen LogP contribution in [-0.2, 0) is 0 Å². The molecular weight excluding hydrogens is 264 g/mol. The molecule has 1 aliphatic rings. The molecule has 0 saturated carbocycles. The number of amides is 2. The van der Waals surface area contributed by atoms with Crippen molar-refractivity contribution < 1.29 is 9.90 Å². The Morgan fingerprint density at radius 2 is 1.95 bits per heavy atom. The fourth-order valence-electron chi connectivity index (χ4n) is 2.85.